The molecule has 0 saturated heterocycles. The van der Waals surface area contributed by atoms with Crippen molar-refractivity contribution in [2.75, 3.05) is 0 Å². The molecule has 0 nitrogen and oxygen atoms in total. The van der Waals surface area contributed by atoms with E-state index < -0.39 is 0 Å². The van der Waals surface area contributed by atoms with Gasteiger partial charge in [0.1, 0.15) is 0 Å². The van der Waals surface area contributed by atoms with E-state index in [1.807, 2.05) is 12.1 Å². The number of fused-ring (bicyclic) bond motifs is 1. The molecule has 0 aromatic heterocycles. The van der Waals surface area contributed by atoms with Crippen LogP contribution in [-0.4, -0.2) is 0 Å². The molecule has 0 spiro atoms. The summed E-state index contributed by atoms with van der Waals surface area (Å²) in [6.07, 6.45) is 0.996. The van der Waals surface area contributed by atoms with E-state index in [-0.39, 0.29) is 0 Å². The van der Waals surface area contributed by atoms with E-state index in [0.717, 1.165) is 16.8 Å². The molecule has 0 radical (unpaired) electrons. The lowest BCUT2D eigenvalue weighted by atomic mass is 10.0. The predicted molar refractivity (Wildman–Crippen MR) is 63.1 cm³/mol. The quantitative estimate of drug-likeness (QED) is 0.648. The maximum absolute atomic E-state index is 6.35. The van der Waals surface area contributed by atoms with E-state index in [9.17, 15) is 0 Å². The van der Waals surface area contributed by atoms with Gasteiger partial charge in [0.15, 0.2) is 0 Å². The van der Waals surface area contributed by atoms with Crippen LogP contribution in [0.15, 0.2) is 30.3 Å². The summed E-state index contributed by atoms with van der Waals surface area (Å²) in [5, 5.41) is 3.31. The van der Waals surface area contributed by atoms with Crippen molar-refractivity contribution in [3.05, 3.63) is 46.5 Å². The smallest absolute Gasteiger partial charge is 0.0518 e. The van der Waals surface area contributed by atoms with Crippen LogP contribution in [0.3, 0.4) is 0 Å². The van der Waals surface area contributed by atoms with E-state index in [1.54, 1.807) is 0 Å². The minimum Gasteiger partial charge on any atom is -0.0834 e. The molecule has 0 amide bonds. The summed E-state index contributed by atoms with van der Waals surface area (Å²) >= 11 is 6.35. The minimum atomic E-state index is 0.920. The van der Waals surface area contributed by atoms with Crippen molar-refractivity contribution < 1.29 is 0 Å². The van der Waals surface area contributed by atoms with Gasteiger partial charge in [-0.25, -0.2) is 0 Å². The monoisotopic (exact) mass is 204 g/mol. The molecular weight excluding hydrogens is 192 g/mol. The Labute approximate surface area is 89.5 Å². The van der Waals surface area contributed by atoms with Gasteiger partial charge in [-0.1, -0.05) is 48.9 Å². The number of rotatable bonds is 1. The van der Waals surface area contributed by atoms with Crippen LogP contribution in [0.1, 0.15) is 18.1 Å². The Kier molecular flexibility index (Phi) is 2.47. The zero-order chi connectivity index (χ0) is 10.1. The Bertz CT molecular complexity index is 472. The number of hydrogen-bond donors (Lipinski definition) is 0. The first-order valence-electron chi connectivity index (χ1n) is 4.90. The molecule has 0 saturated carbocycles. The molecule has 2 aromatic rings. The molecule has 0 atom stereocenters. The summed E-state index contributed by atoms with van der Waals surface area (Å²) < 4.78 is 0. The lowest BCUT2D eigenvalue weighted by Gasteiger charge is -2.09. The fourth-order valence-corrected chi connectivity index (χ4v) is 2.37. The van der Waals surface area contributed by atoms with Crippen LogP contribution in [0.2, 0.25) is 5.02 Å². The van der Waals surface area contributed by atoms with Gasteiger partial charge in [-0.3, -0.25) is 0 Å². The standard InChI is InChI=1S/C13H13Cl/c1-3-11-9(2)8-10-6-4-5-7-12(10)13(11)14/h4-8H,3H2,1-2H3. The van der Waals surface area contributed by atoms with Gasteiger partial charge < -0.3 is 0 Å². The second-order valence-corrected chi connectivity index (χ2v) is 3.94. The van der Waals surface area contributed by atoms with E-state index in [2.05, 4.69) is 32.0 Å². The number of halogens is 1. The molecule has 0 aliphatic rings. The largest absolute Gasteiger partial charge is 0.0834 e. The lowest BCUT2D eigenvalue weighted by molar-refractivity contribution is 1.12. The van der Waals surface area contributed by atoms with E-state index in [0.29, 0.717) is 0 Å². The van der Waals surface area contributed by atoms with Crippen LogP contribution in [0.5, 0.6) is 0 Å². The van der Waals surface area contributed by atoms with Crippen molar-refractivity contribution in [3.63, 3.8) is 0 Å². The Hall–Kier alpha value is -1.01. The molecule has 1 heteroatoms. The third-order valence-corrected chi connectivity index (χ3v) is 3.10. The van der Waals surface area contributed by atoms with Crippen molar-refractivity contribution in [1.29, 1.82) is 0 Å². The van der Waals surface area contributed by atoms with Gasteiger partial charge in [0, 0.05) is 5.39 Å². The second kappa shape index (κ2) is 3.62. The first-order chi connectivity index (χ1) is 6.74. The highest BCUT2D eigenvalue weighted by Crippen LogP contribution is 2.30. The molecule has 14 heavy (non-hydrogen) atoms. The van der Waals surface area contributed by atoms with Gasteiger partial charge >= 0.3 is 0 Å². The highest BCUT2D eigenvalue weighted by molar-refractivity contribution is 6.36. The summed E-state index contributed by atoms with van der Waals surface area (Å²) in [4.78, 5) is 0. The zero-order valence-corrected chi connectivity index (χ0v) is 9.23. The van der Waals surface area contributed by atoms with Gasteiger partial charge in [-0.15, -0.1) is 0 Å². The minimum absolute atomic E-state index is 0.920. The predicted octanol–water partition coefficient (Wildman–Crippen LogP) is 4.36. The fourth-order valence-electron chi connectivity index (χ4n) is 1.91. The maximum Gasteiger partial charge on any atom is 0.0518 e. The normalized spacial score (nSPS) is 10.8. The molecule has 0 N–H and O–H groups in total. The van der Waals surface area contributed by atoms with Crippen molar-refractivity contribution in [2.45, 2.75) is 20.3 Å². The highest BCUT2D eigenvalue weighted by atomic mass is 35.5. The van der Waals surface area contributed by atoms with Crippen molar-refractivity contribution >= 4 is 22.4 Å². The summed E-state index contributed by atoms with van der Waals surface area (Å²) in [7, 11) is 0. The zero-order valence-electron chi connectivity index (χ0n) is 8.47. The fraction of sp³-hybridized carbons (Fsp3) is 0.231. The van der Waals surface area contributed by atoms with Crippen LogP contribution in [-0.2, 0) is 6.42 Å². The second-order valence-electron chi connectivity index (χ2n) is 3.56. The molecule has 0 aliphatic carbocycles. The Balaban J connectivity index is 2.86. The van der Waals surface area contributed by atoms with Gasteiger partial charge in [0.05, 0.1) is 5.02 Å². The van der Waals surface area contributed by atoms with Gasteiger partial charge in [0.2, 0.25) is 0 Å². The molecule has 2 aromatic carbocycles. The highest BCUT2D eigenvalue weighted by Gasteiger charge is 2.06. The van der Waals surface area contributed by atoms with Gasteiger partial charge in [0.25, 0.3) is 0 Å². The van der Waals surface area contributed by atoms with Crippen LogP contribution < -0.4 is 0 Å². The average Bonchev–Trinajstić information content (AvgIpc) is 2.18. The van der Waals surface area contributed by atoms with Gasteiger partial charge in [-0.2, -0.15) is 0 Å². The van der Waals surface area contributed by atoms with Crippen LogP contribution in [0.4, 0.5) is 0 Å². The summed E-state index contributed by atoms with van der Waals surface area (Å²) in [5.41, 5.74) is 2.56. The average molecular weight is 205 g/mol. The molecule has 2 rings (SSSR count). The summed E-state index contributed by atoms with van der Waals surface area (Å²) in [6, 6.07) is 10.5. The molecule has 72 valence electrons. The van der Waals surface area contributed by atoms with Crippen LogP contribution in [0.25, 0.3) is 10.8 Å². The topological polar surface area (TPSA) is 0 Å². The lowest BCUT2D eigenvalue weighted by Crippen LogP contribution is -1.89. The van der Waals surface area contributed by atoms with E-state index in [1.165, 1.54) is 16.5 Å². The summed E-state index contributed by atoms with van der Waals surface area (Å²) in [5.74, 6) is 0. The Morgan fingerprint density at radius 3 is 2.64 bits per heavy atom. The summed E-state index contributed by atoms with van der Waals surface area (Å²) in [6.45, 7) is 4.26. The number of aryl methyl sites for hydroxylation is 1. The van der Waals surface area contributed by atoms with Crippen LogP contribution in [0, 0.1) is 6.92 Å². The van der Waals surface area contributed by atoms with E-state index >= 15 is 0 Å². The first kappa shape index (κ1) is 9.54. The molecule has 0 unspecified atom stereocenters. The molecule has 0 aliphatic heterocycles. The Morgan fingerprint density at radius 1 is 1.21 bits per heavy atom. The van der Waals surface area contributed by atoms with Gasteiger partial charge in [-0.05, 0) is 29.9 Å². The number of benzene rings is 2. The molecule has 0 bridgehead atoms. The SMILES string of the molecule is CCc1c(C)cc2ccccc2c1Cl. The van der Waals surface area contributed by atoms with Crippen molar-refractivity contribution in [3.8, 4) is 0 Å². The van der Waals surface area contributed by atoms with Crippen LogP contribution >= 0.6 is 11.6 Å². The Morgan fingerprint density at radius 2 is 1.93 bits per heavy atom. The first-order valence-corrected chi connectivity index (χ1v) is 5.28. The van der Waals surface area contributed by atoms with Crippen molar-refractivity contribution in [1.82, 2.24) is 0 Å². The van der Waals surface area contributed by atoms with Crippen molar-refractivity contribution in [2.24, 2.45) is 0 Å². The number of hydrogen-bond acceptors (Lipinski definition) is 0. The molecule has 0 fully saturated rings. The molecular formula is C13H13Cl. The third kappa shape index (κ3) is 1.40. The maximum atomic E-state index is 6.35. The van der Waals surface area contributed by atoms with E-state index in [4.69, 9.17) is 11.6 Å². The molecule has 0 heterocycles. The third-order valence-electron chi connectivity index (χ3n) is 2.66.